The van der Waals surface area contributed by atoms with Crippen LogP contribution in [0.15, 0.2) is 28.9 Å². The summed E-state index contributed by atoms with van der Waals surface area (Å²) in [6.45, 7) is 1.61. The maximum atomic E-state index is 13.4. The number of fused-ring (bicyclic) bond motifs is 1. The Morgan fingerprint density at radius 3 is 2.63 bits per heavy atom. The average molecular weight is 435 g/mol. The summed E-state index contributed by atoms with van der Waals surface area (Å²) in [7, 11) is 0. The molecule has 1 aliphatic carbocycles. The van der Waals surface area contributed by atoms with Gasteiger partial charge in [0.15, 0.2) is 0 Å². The highest BCUT2D eigenvalue weighted by atomic mass is 79.9. The number of hydrogen-bond acceptors (Lipinski definition) is 3. The van der Waals surface area contributed by atoms with Crippen LogP contribution < -0.4 is 5.32 Å². The molecule has 2 aromatic rings. The van der Waals surface area contributed by atoms with Gasteiger partial charge in [-0.05, 0) is 30.9 Å². The number of anilines is 1. The maximum Gasteiger partial charge on any atom is 0.235 e. The molecule has 0 unspecified atom stereocenters. The second-order valence-electron chi connectivity index (χ2n) is 7.89. The van der Waals surface area contributed by atoms with Crippen LogP contribution in [0.3, 0.4) is 0 Å². The zero-order valence-corrected chi connectivity index (χ0v) is 17.1. The largest absolute Gasteiger partial charge is 0.395 e. The van der Waals surface area contributed by atoms with Gasteiger partial charge in [0.25, 0.3) is 0 Å². The number of aliphatic hydroxyl groups is 1. The van der Waals surface area contributed by atoms with Crippen LogP contribution in [-0.4, -0.2) is 35.4 Å². The minimum atomic E-state index is -0.392. The number of aliphatic hydroxyl groups excluding tert-OH is 1. The van der Waals surface area contributed by atoms with Crippen molar-refractivity contribution < 1.29 is 14.6 Å². The van der Waals surface area contributed by atoms with Gasteiger partial charge in [0.2, 0.25) is 5.91 Å². The number of carbonyl (C=O) groups excluding carboxylic acids is 1. The standard InChI is InChI=1S/C21H27BrN2O3/c22-16-8-5-9-18-19(16)17(12-24(18)10-11-25)23-20(26)21(13-27-14-21)15-6-3-1-2-4-7-15/h5,8-9,12,15,25H,1-4,6-7,10-11,13-14H2,(H,23,26). The van der Waals surface area contributed by atoms with Crippen LogP contribution in [-0.2, 0) is 16.1 Å². The highest BCUT2D eigenvalue weighted by Gasteiger charge is 2.51. The Morgan fingerprint density at radius 1 is 1.26 bits per heavy atom. The molecule has 1 amide bonds. The number of nitrogens with one attached hydrogen (secondary N) is 1. The lowest BCUT2D eigenvalue weighted by Gasteiger charge is -2.45. The minimum absolute atomic E-state index is 0.0591. The van der Waals surface area contributed by atoms with Gasteiger partial charge < -0.3 is 19.7 Å². The SMILES string of the molecule is O=C(Nc1cn(CCO)c2cccc(Br)c12)C1(C2CCCCCC2)COC1. The minimum Gasteiger partial charge on any atom is -0.395 e. The zero-order valence-electron chi connectivity index (χ0n) is 15.5. The van der Waals surface area contributed by atoms with Crippen molar-refractivity contribution in [2.75, 3.05) is 25.1 Å². The monoisotopic (exact) mass is 434 g/mol. The van der Waals surface area contributed by atoms with Crippen LogP contribution in [0.5, 0.6) is 0 Å². The second kappa shape index (κ2) is 7.94. The summed E-state index contributed by atoms with van der Waals surface area (Å²) in [6, 6.07) is 5.96. The van der Waals surface area contributed by atoms with Gasteiger partial charge in [-0.25, -0.2) is 0 Å². The van der Waals surface area contributed by atoms with Crippen molar-refractivity contribution in [2.24, 2.45) is 11.3 Å². The lowest BCUT2D eigenvalue weighted by molar-refractivity contribution is -0.170. The molecule has 27 heavy (non-hydrogen) atoms. The van der Waals surface area contributed by atoms with Crippen molar-refractivity contribution in [2.45, 2.75) is 45.1 Å². The Kier molecular flexibility index (Phi) is 5.58. The van der Waals surface area contributed by atoms with E-state index in [-0.39, 0.29) is 12.5 Å². The molecule has 6 heteroatoms. The molecule has 1 aliphatic heterocycles. The van der Waals surface area contributed by atoms with E-state index in [2.05, 4.69) is 21.2 Å². The summed E-state index contributed by atoms with van der Waals surface area (Å²) in [5.41, 5.74) is 1.41. The van der Waals surface area contributed by atoms with Crippen molar-refractivity contribution in [1.29, 1.82) is 0 Å². The molecule has 0 bridgehead atoms. The van der Waals surface area contributed by atoms with Crippen molar-refractivity contribution >= 4 is 38.4 Å². The van der Waals surface area contributed by atoms with Crippen LogP contribution in [0.1, 0.15) is 38.5 Å². The van der Waals surface area contributed by atoms with E-state index in [1.807, 2.05) is 29.0 Å². The lowest BCUT2D eigenvalue weighted by atomic mass is 9.69. The van der Waals surface area contributed by atoms with Crippen molar-refractivity contribution in [3.8, 4) is 0 Å². The van der Waals surface area contributed by atoms with Gasteiger partial charge in [0.05, 0.1) is 36.4 Å². The van der Waals surface area contributed by atoms with E-state index in [9.17, 15) is 9.90 Å². The third-order valence-electron chi connectivity index (χ3n) is 6.25. The zero-order chi connectivity index (χ0) is 18.9. The molecule has 0 atom stereocenters. The molecule has 0 radical (unpaired) electrons. The Labute approximate surface area is 168 Å². The van der Waals surface area contributed by atoms with Gasteiger partial charge >= 0.3 is 0 Å². The highest BCUT2D eigenvalue weighted by molar-refractivity contribution is 9.10. The van der Waals surface area contributed by atoms with Crippen LogP contribution in [0.4, 0.5) is 5.69 Å². The molecule has 1 saturated heterocycles. The molecule has 2 heterocycles. The van der Waals surface area contributed by atoms with E-state index in [0.29, 0.717) is 25.7 Å². The van der Waals surface area contributed by atoms with Crippen molar-refractivity contribution in [3.63, 3.8) is 0 Å². The molecule has 4 rings (SSSR count). The van der Waals surface area contributed by atoms with E-state index >= 15 is 0 Å². The molecule has 2 N–H and O–H groups in total. The Bertz CT molecular complexity index is 820. The van der Waals surface area contributed by atoms with E-state index in [1.54, 1.807) is 0 Å². The summed E-state index contributed by atoms with van der Waals surface area (Å²) in [4.78, 5) is 13.4. The summed E-state index contributed by atoms with van der Waals surface area (Å²) < 4.78 is 8.47. The van der Waals surface area contributed by atoms with E-state index in [1.165, 1.54) is 25.7 Å². The third-order valence-corrected chi connectivity index (χ3v) is 6.91. The van der Waals surface area contributed by atoms with E-state index in [0.717, 1.165) is 33.9 Å². The van der Waals surface area contributed by atoms with E-state index < -0.39 is 5.41 Å². The molecule has 146 valence electrons. The first-order chi connectivity index (χ1) is 13.2. The predicted molar refractivity (Wildman–Crippen MR) is 110 cm³/mol. The van der Waals surface area contributed by atoms with Gasteiger partial charge in [-0.15, -0.1) is 0 Å². The Balaban J connectivity index is 1.64. The molecule has 5 nitrogen and oxygen atoms in total. The number of amides is 1. The number of benzene rings is 1. The van der Waals surface area contributed by atoms with Crippen molar-refractivity contribution in [1.82, 2.24) is 4.57 Å². The summed E-state index contributed by atoms with van der Waals surface area (Å²) >= 11 is 3.62. The first-order valence-electron chi connectivity index (χ1n) is 9.93. The smallest absolute Gasteiger partial charge is 0.235 e. The molecular formula is C21H27BrN2O3. The fraction of sp³-hybridized carbons (Fsp3) is 0.571. The fourth-order valence-electron chi connectivity index (χ4n) is 4.65. The number of hydrogen-bond donors (Lipinski definition) is 2. The third kappa shape index (κ3) is 3.43. The molecule has 2 aliphatic rings. The predicted octanol–water partition coefficient (Wildman–Crippen LogP) is 4.32. The number of nitrogens with zero attached hydrogens (tertiary/aromatic N) is 1. The normalized spacial score (nSPS) is 20.2. The first-order valence-corrected chi connectivity index (χ1v) is 10.7. The number of rotatable bonds is 5. The van der Waals surface area contributed by atoms with Gasteiger partial charge in [0.1, 0.15) is 0 Å². The van der Waals surface area contributed by atoms with Gasteiger partial charge in [-0.1, -0.05) is 47.7 Å². The molecule has 1 aromatic carbocycles. The molecule has 1 aromatic heterocycles. The van der Waals surface area contributed by atoms with Gasteiger partial charge in [-0.2, -0.15) is 0 Å². The average Bonchev–Trinajstić information content (AvgIpc) is 2.79. The molecule has 0 spiro atoms. The second-order valence-corrected chi connectivity index (χ2v) is 8.74. The Morgan fingerprint density at radius 2 is 2.00 bits per heavy atom. The maximum absolute atomic E-state index is 13.4. The number of ether oxygens (including phenoxy) is 1. The quantitative estimate of drug-likeness (QED) is 0.688. The van der Waals surface area contributed by atoms with Crippen molar-refractivity contribution in [3.05, 3.63) is 28.9 Å². The molecule has 2 fully saturated rings. The number of aromatic nitrogens is 1. The van der Waals surface area contributed by atoms with Crippen LogP contribution in [0.25, 0.3) is 10.9 Å². The van der Waals surface area contributed by atoms with Gasteiger partial charge in [0, 0.05) is 22.6 Å². The lowest BCUT2D eigenvalue weighted by Crippen LogP contribution is -2.56. The number of halogens is 1. The van der Waals surface area contributed by atoms with Crippen LogP contribution >= 0.6 is 15.9 Å². The first kappa shape index (κ1) is 19.0. The summed E-state index contributed by atoms with van der Waals surface area (Å²) in [6.07, 6.45) is 9.14. The Hall–Kier alpha value is -1.37. The van der Waals surface area contributed by atoms with E-state index in [4.69, 9.17) is 4.74 Å². The number of carbonyl (C=O) groups is 1. The molecular weight excluding hydrogens is 408 g/mol. The topological polar surface area (TPSA) is 63.5 Å². The highest BCUT2D eigenvalue weighted by Crippen LogP contribution is 2.44. The van der Waals surface area contributed by atoms with Gasteiger partial charge in [-0.3, -0.25) is 4.79 Å². The van der Waals surface area contributed by atoms with Crippen LogP contribution in [0, 0.1) is 11.3 Å². The molecule has 1 saturated carbocycles. The summed E-state index contributed by atoms with van der Waals surface area (Å²) in [5, 5.41) is 13.6. The summed E-state index contributed by atoms with van der Waals surface area (Å²) in [5.74, 6) is 0.488. The van der Waals surface area contributed by atoms with Crippen LogP contribution in [0.2, 0.25) is 0 Å². The fourth-order valence-corrected chi connectivity index (χ4v) is 5.22.